The van der Waals surface area contributed by atoms with Crippen LogP contribution in [0.3, 0.4) is 0 Å². The van der Waals surface area contributed by atoms with E-state index in [1.807, 2.05) is 22.1 Å². The average molecular weight is 362 g/mol. The van der Waals surface area contributed by atoms with E-state index in [1.54, 1.807) is 19.1 Å². The molecule has 1 aromatic carbocycles. The summed E-state index contributed by atoms with van der Waals surface area (Å²) in [6.45, 7) is 3.62. The third-order valence-electron chi connectivity index (χ3n) is 3.87. The van der Waals surface area contributed by atoms with Crippen LogP contribution in [0.2, 0.25) is 5.02 Å². The van der Waals surface area contributed by atoms with E-state index in [2.05, 4.69) is 0 Å². The van der Waals surface area contributed by atoms with Crippen molar-refractivity contribution in [1.29, 1.82) is 0 Å². The fraction of sp³-hybridized carbons (Fsp3) is 0.118. The normalized spacial score (nSPS) is 14.4. The van der Waals surface area contributed by atoms with Gasteiger partial charge in [-0.15, -0.1) is 0 Å². The predicted octanol–water partition coefficient (Wildman–Crippen LogP) is 2.64. The molecule has 25 heavy (non-hydrogen) atoms. The van der Waals surface area contributed by atoms with Crippen LogP contribution in [-0.2, 0) is 9.59 Å². The molecule has 0 aliphatic carbocycles. The number of nitrogens with zero attached hydrogens (tertiary/aromatic N) is 1. The molecule has 8 heteroatoms. The minimum absolute atomic E-state index is 0.00514. The Balaban J connectivity index is 2.07. The van der Waals surface area contributed by atoms with Gasteiger partial charge in [0.1, 0.15) is 11.4 Å². The Kier molecular flexibility index (Phi) is 4.18. The third kappa shape index (κ3) is 3.06. The van der Waals surface area contributed by atoms with E-state index in [1.165, 1.54) is 18.2 Å². The van der Waals surface area contributed by atoms with Gasteiger partial charge in [-0.2, -0.15) is 0 Å². The Labute approximate surface area is 147 Å². The number of aryl methyl sites for hydroxylation is 1. The van der Waals surface area contributed by atoms with Crippen LogP contribution >= 0.6 is 11.6 Å². The molecule has 1 saturated heterocycles. The number of carbonyl (C=O) groups excluding carboxylic acids is 3. The summed E-state index contributed by atoms with van der Waals surface area (Å²) >= 11 is 5.84. The van der Waals surface area contributed by atoms with Crippen molar-refractivity contribution in [2.45, 2.75) is 13.8 Å². The molecule has 0 atom stereocenters. The van der Waals surface area contributed by atoms with Crippen molar-refractivity contribution in [3.05, 3.63) is 57.6 Å². The van der Waals surface area contributed by atoms with Gasteiger partial charge in [0.05, 0.1) is 5.02 Å². The highest BCUT2D eigenvalue weighted by molar-refractivity contribution is 6.31. The summed E-state index contributed by atoms with van der Waals surface area (Å²) in [5, 5.41) is 4.04. The van der Waals surface area contributed by atoms with Gasteiger partial charge in [0.15, 0.2) is 0 Å². The molecule has 0 saturated carbocycles. The van der Waals surface area contributed by atoms with Crippen LogP contribution in [0.5, 0.6) is 0 Å². The number of barbiturate groups is 1. The fourth-order valence-electron chi connectivity index (χ4n) is 2.72. The monoisotopic (exact) mass is 361 g/mol. The molecule has 0 bridgehead atoms. The van der Waals surface area contributed by atoms with Crippen molar-refractivity contribution in [1.82, 2.24) is 15.2 Å². The zero-order valence-electron chi connectivity index (χ0n) is 13.3. The standard InChI is InChI=1S/C17H13ClFN3O3/c1-8-5-10(6-12-15(23)20-17(25)21-16(12)24)9(2)22(8)11-3-4-14(19)13(18)7-11/h3-7H,1-2H3,(H2,20,21,23,24,25). The average Bonchev–Trinajstić information content (AvgIpc) is 2.80. The van der Waals surface area contributed by atoms with Crippen molar-refractivity contribution in [3.63, 3.8) is 0 Å². The summed E-state index contributed by atoms with van der Waals surface area (Å²) in [5.41, 5.74) is 2.63. The van der Waals surface area contributed by atoms with Gasteiger partial charge in [-0.1, -0.05) is 11.6 Å². The summed E-state index contributed by atoms with van der Waals surface area (Å²) in [7, 11) is 0. The zero-order chi connectivity index (χ0) is 18.3. The topological polar surface area (TPSA) is 80.2 Å². The van der Waals surface area contributed by atoms with Crippen LogP contribution in [0, 0.1) is 19.7 Å². The number of amides is 4. The second kappa shape index (κ2) is 6.18. The van der Waals surface area contributed by atoms with E-state index < -0.39 is 23.7 Å². The van der Waals surface area contributed by atoms with Crippen LogP contribution in [-0.4, -0.2) is 22.4 Å². The first-order valence-corrected chi connectivity index (χ1v) is 7.68. The molecule has 2 N–H and O–H groups in total. The van der Waals surface area contributed by atoms with Crippen molar-refractivity contribution in [2.24, 2.45) is 0 Å². The summed E-state index contributed by atoms with van der Waals surface area (Å²) in [6, 6.07) is 5.26. The summed E-state index contributed by atoms with van der Waals surface area (Å²) in [5.74, 6) is -2.04. The Morgan fingerprint density at radius 1 is 1.08 bits per heavy atom. The lowest BCUT2D eigenvalue weighted by Crippen LogP contribution is -2.51. The molecule has 1 aromatic heterocycles. The zero-order valence-corrected chi connectivity index (χ0v) is 14.1. The molecule has 128 valence electrons. The van der Waals surface area contributed by atoms with E-state index in [-0.39, 0.29) is 10.6 Å². The molecule has 2 heterocycles. The number of hydrogen-bond acceptors (Lipinski definition) is 3. The molecule has 1 aliphatic heterocycles. The molecular formula is C17H13ClFN3O3. The number of halogens is 2. The minimum atomic E-state index is -0.849. The molecule has 0 spiro atoms. The van der Waals surface area contributed by atoms with Gasteiger partial charge in [0.2, 0.25) is 0 Å². The van der Waals surface area contributed by atoms with E-state index in [0.29, 0.717) is 11.3 Å². The molecule has 4 amide bonds. The quantitative estimate of drug-likeness (QED) is 0.637. The number of rotatable bonds is 2. The molecule has 1 fully saturated rings. The van der Waals surface area contributed by atoms with Gasteiger partial charge in [-0.25, -0.2) is 9.18 Å². The van der Waals surface area contributed by atoms with Crippen molar-refractivity contribution in [3.8, 4) is 5.69 Å². The lowest BCUT2D eigenvalue weighted by molar-refractivity contribution is -0.123. The molecule has 0 radical (unpaired) electrons. The van der Waals surface area contributed by atoms with Gasteiger partial charge in [0.25, 0.3) is 11.8 Å². The van der Waals surface area contributed by atoms with Crippen molar-refractivity contribution in [2.75, 3.05) is 0 Å². The SMILES string of the molecule is Cc1cc(C=C2C(=O)NC(=O)NC2=O)c(C)n1-c1ccc(F)c(Cl)c1. The van der Waals surface area contributed by atoms with Gasteiger partial charge < -0.3 is 4.57 Å². The minimum Gasteiger partial charge on any atom is -0.318 e. The Morgan fingerprint density at radius 2 is 1.72 bits per heavy atom. The summed E-state index contributed by atoms with van der Waals surface area (Å²) in [4.78, 5) is 34.8. The van der Waals surface area contributed by atoms with Gasteiger partial charge in [0, 0.05) is 17.1 Å². The van der Waals surface area contributed by atoms with Crippen LogP contribution < -0.4 is 10.6 Å². The van der Waals surface area contributed by atoms with Gasteiger partial charge in [-0.05, 0) is 49.8 Å². The summed E-state index contributed by atoms with van der Waals surface area (Å²) < 4.78 is 15.2. The first kappa shape index (κ1) is 16.9. The fourth-order valence-corrected chi connectivity index (χ4v) is 2.89. The molecule has 2 aromatic rings. The maximum Gasteiger partial charge on any atom is 0.328 e. The highest BCUT2D eigenvalue weighted by Gasteiger charge is 2.28. The Morgan fingerprint density at radius 3 is 2.32 bits per heavy atom. The number of nitrogens with one attached hydrogen (secondary N) is 2. The largest absolute Gasteiger partial charge is 0.328 e. The molecular weight excluding hydrogens is 349 g/mol. The molecule has 3 rings (SSSR count). The number of imide groups is 2. The predicted molar refractivity (Wildman–Crippen MR) is 89.9 cm³/mol. The maximum absolute atomic E-state index is 13.4. The van der Waals surface area contributed by atoms with E-state index >= 15 is 0 Å². The van der Waals surface area contributed by atoms with Crippen molar-refractivity contribution >= 4 is 35.5 Å². The number of benzene rings is 1. The smallest absolute Gasteiger partial charge is 0.318 e. The lowest BCUT2D eigenvalue weighted by Gasteiger charge is -2.14. The highest BCUT2D eigenvalue weighted by atomic mass is 35.5. The van der Waals surface area contributed by atoms with Crippen LogP contribution in [0.1, 0.15) is 17.0 Å². The number of carbonyl (C=O) groups is 3. The Bertz CT molecular complexity index is 940. The second-order valence-electron chi connectivity index (χ2n) is 5.56. The molecule has 0 unspecified atom stereocenters. The van der Waals surface area contributed by atoms with Crippen LogP contribution in [0.4, 0.5) is 9.18 Å². The summed E-state index contributed by atoms with van der Waals surface area (Å²) in [6.07, 6.45) is 1.40. The third-order valence-corrected chi connectivity index (χ3v) is 4.16. The van der Waals surface area contributed by atoms with Gasteiger partial charge >= 0.3 is 6.03 Å². The maximum atomic E-state index is 13.4. The van der Waals surface area contributed by atoms with E-state index in [4.69, 9.17) is 11.6 Å². The van der Waals surface area contributed by atoms with E-state index in [9.17, 15) is 18.8 Å². The van der Waals surface area contributed by atoms with Crippen LogP contribution in [0.15, 0.2) is 29.8 Å². The van der Waals surface area contributed by atoms with Crippen molar-refractivity contribution < 1.29 is 18.8 Å². The highest BCUT2D eigenvalue weighted by Crippen LogP contribution is 2.26. The van der Waals surface area contributed by atoms with Gasteiger partial charge in [-0.3, -0.25) is 20.2 Å². The number of hydrogen-bond donors (Lipinski definition) is 2. The first-order valence-electron chi connectivity index (χ1n) is 7.30. The number of urea groups is 1. The van der Waals surface area contributed by atoms with Crippen LogP contribution in [0.25, 0.3) is 11.8 Å². The number of aromatic nitrogens is 1. The lowest BCUT2D eigenvalue weighted by atomic mass is 10.1. The van der Waals surface area contributed by atoms with E-state index in [0.717, 1.165) is 11.4 Å². The second-order valence-corrected chi connectivity index (χ2v) is 5.96. The first-order chi connectivity index (χ1) is 11.8. The molecule has 6 nitrogen and oxygen atoms in total. The Hall–Kier alpha value is -2.93. The molecule has 1 aliphatic rings.